The summed E-state index contributed by atoms with van der Waals surface area (Å²) in [6.45, 7) is 3.71. The Kier molecular flexibility index (Phi) is 10.7. The van der Waals surface area contributed by atoms with Crippen LogP contribution in [0.3, 0.4) is 0 Å². The molecule has 0 spiro atoms. The summed E-state index contributed by atoms with van der Waals surface area (Å²) in [5.74, 6) is -1.64. The first-order chi connectivity index (χ1) is 16.3. The highest BCUT2D eigenvalue weighted by atomic mass is 19.1. The molecule has 0 aliphatic carbocycles. The van der Waals surface area contributed by atoms with Gasteiger partial charge in [0.25, 0.3) is 0 Å². The van der Waals surface area contributed by atoms with Crippen LogP contribution >= 0.6 is 0 Å². The van der Waals surface area contributed by atoms with Gasteiger partial charge in [0.1, 0.15) is 30.1 Å². The smallest absolute Gasteiger partial charge is 0.412 e. The maximum absolute atomic E-state index is 13.9. The van der Waals surface area contributed by atoms with Crippen LogP contribution in [0.25, 0.3) is 0 Å². The van der Waals surface area contributed by atoms with Crippen molar-refractivity contribution in [1.82, 2.24) is 0 Å². The van der Waals surface area contributed by atoms with Gasteiger partial charge in [-0.25, -0.2) is 18.4 Å². The molecule has 2 aromatic rings. The minimum atomic E-state index is -0.932. The molecule has 7 nitrogen and oxygen atoms in total. The first kappa shape index (κ1) is 26.5. The number of allylic oxidation sites excluding steroid dienone is 2. The minimum absolute atomic E-state index is 0.128. The Balaban J connectivity index is 2.15. The van der Waals surface area contributed by atoms with Gasteiger partial charge >= 0.3 is 12.1 Å². The van der Waals surface area contributed by atoms with E-state index in [2.05, 4.69) is 5.32 Å². The normalized spacial score (nSPS) is 12.3. The molecule has 1 amide bonds. The number of amides is 1. The molecule has 0 saturated heterocycles. The number of benzene rings is 2. The van der Waals surface area contributed by atoms with E-state index in [1.807, 2.05) is 0 Å². The van der Waals surface area contributed by atoms with E-state index in [-0.39, 0.29) is 31.9 Å². The van der Waals surface area contributed by atoms with Gasteiger partial charge in [0.15, 0.2) is 0 Å². The quantitative estimate of drug-likeness (QED) is 0.267. The highest BCUT2D eigenvalue weighted by Crippen LogP contribution is 2.26. The monoisotopic (exact) mass is 475 g/mol. The fraction of sp³-hybridized carbons (Fsp3) is 0.280. The molecule has 0 fully saturated rings. The van der Waals surface area contributed by atoms with Crippen molar-refractivity contribution < 1.29 is 37.7 Å². The third kappa shape index (κ3) is 9.03. The molecule has 0 heterocycles. The van der Waals surface area contributed by atoms with Gasteiger partial charge in [-0.2, -0.15) is 0 Å². The molecule has 0 bridgehead atoms. The van der Waals surface area contributed by atoms with E-state index in [9.17, 15) is 18.4 Å². The highest BCUT2D eigenvalue weighted by molar-refractivity contribution is 5.85. The Morgan fingerprint density at radius 1 is 1.15 bits per heavy atom. The number of aliphatic hydroxyl groups excluding tert-OH is 1. The summed E-state index contributed by atoms with van der Waals surface area (Å²) in [7, 11) is 0. The van der Waals surface area contributed by atoms with E-state index in [1.54, 1.807) is 50.3 Å². The number of ether oxygens (including phenoxy) is 3. The first-order valence-electron chi connectivity index (χ1n) is 10.6. The van der Waals surface area contributed by atoms with Gasteiger partial charge in [0.2, 0.25) is 0 Å². The van der Waals surface area contributed by atoms with Crippen molar-refractivity contribution in [3.8, 4) is 5.75 Å². The van der Waals surface area contributed by atoms with Gasteiger partial charge in [-0.05, 0) is 49.2 Å². The molecule has 2 rings (SSSR count). The second kappa shape index (κ2) is 13.7. The minimum Gasteiger partial charge on any atom is -0.491 e. The summed E-state index contributed by atoms with van der Waals surface area (Å²) in [6, 6.07) is 9.47. The lowest BCUT2D eigenvalue weighted by Gasteiger charge is -2.18. The van der Waals surface area contributed by atoms with E-state index in [1.165, 1.54) is 6.08 Å². The maximum Gasteiger partial charge on any atom is 0.412 e. The Labute approximate surface area is 196 Å². The molecule has 0 aliphatic rings. The fourth-order valence-corrected chi connectivity index (χ4v) is 2.85. The highest BCUT2D eigenvalue weighted by Gasteiger charge is 2.17. The van der Waals surface area contributed by atoms with Gasteiger partial charge < -0.3 is 19.3 Å². The number of rotatable bonds is 11. The molecular weight excluding hydrogens is 448 g/mol. The zero-order chi connectivity index (χ0) is 24.9. The molecule has 0 radical (unpaired) electrons. The average molecular weight is 475 g/mol. The van der Waals surface area contributed by atoms with Crippen LogP contribution < -0.4 is 10.1 Å². The predicted octanol–water partition coefficient (Wildman–Crippen LogP) is 5.08. The molecule has 0 saturated carbocycles. The Morgan fingerprint density at radius 3 is 2.53 bits per heavy atom. The molecule has 0 unspecified atom stereocenters. The molecule has 182 valence electrons. The van der Waals surface area contributed by atoms with Gasteiger partial charge in [-0.1, -0.05) is 24.3 Å². The molecule has 2 aromatic carbocycles. The van der Waals surface area contributed by atoms with Crippen LogP contribution in [0.2, 0.25) is 0 Å². The van der Waals surface area contributed by atoms with Gasteiger partial charge in [-0.3, -0.25) is 5.32 Å². The zero-order valence-corrected chi connectivity index (χ0v) is 18.9. The third-order valence-electron chi connectivity index (χ3n) is 4.39. The van der Waals surface area contributed by atoms with Crippen LogP contribution in [0.5, 0.6) is 5.75 Å². The second-order valence-electron chi connectivity index (χ2n) is 7.06. The largest absolute Gasteiger partial charge is 0.491 e. The second-order valence-corrected chi connectivity index (χ2v) is 7.06. The number of anilines is 1. The third-order valence-corrected chi connectivity index (χ3v) is 4.39. The van der Waals surface area contributed by atoms with Crippen molar-refractivity contribution in [2.45, 2.75) is 26.4 Å². The average Bonchev–Trinajstić information content (AvgIpc) is 2.79. The molecule has 1 atom stereocenters. The molecule has 0 aromatic heterocycles. The molecule has 9 heteroatoms. The van der Waals surface area contributed by atoms with Crippen LogP contribution in [0, 0.1) is 11.6 Å². The number of hydrogen-bond donors (Lipinski definition) is 2. The van der Waals surface area contributed by atoms with E-state index in [4.69, 9.17) is 19.3 Å². The Bertz CT molecular complexity index is 1020. The van der Waals surface area contributed by atoms with Gasteiger partial charge in [0.05, 0.1) is 18.9 Å². The maximum atomic E-state index is 13.9. The number of aliphatic hydroxyl groups is 1. The fourth-order valence-electron chi connectivity index (χ4n) is 2.85. The first-order valence-corrected chi connectivity index (χ1v) is 10.6. The van der Waals surface area contributed by atoms with E-state index < -0.39 is 29.8 Å². The van der Waals surface area contributed by atoms with Crippen LogP contribution in [-0.2, 0) is 14.3 Å². The lowest BCUT2D eigenvalue weighted by atomic mass is 10.1. The number of carbonyl (C=O) groups is 2. The lowest BCUT2D eigenvalue weighted by Crippen LogP contribution is -2.18. The summed E-state index contributed by atoms with van der Waals surface area (Å²) in [6.07, 6.45) is 3.30. The van der Waals surface area contributed by atoms with Crippen LogP contribution in [0.15, 0.2) is 66.3 Å². The van der Waals surface area contributed by atoms with Crippen LogP contribution in [0.4, 0.5) is 19.3 Å². The Hall–Kier alpha value is -3.72. The van der Waals surface area contributed by atoms with Crippen molar-refractivity contribution in [2.24, 2.45) is 0 Å². The zero-order valence-electron chi connectivity index (χ0n) is 18.9. The number of hydrogen-bond acceptors (Lipinski definition) is 6. The summed E-state index contributed by atoms with van der Waals surface area (Å²) in [5.41, 5.74) is 1.05. The van der Waals surface area contributed by atoms with Crippen molar-refractivity contribution >= 4 is 17.7 Å². The van der Waals surface area contributed by atoms with Crippen molar-refractivity contribution in [1.29, 1.82) is 0 Å². The standard InChI is InChI=1S/C25H27F2NO6/c1-3-32-24(30)15-17(2)5-4-6-23(18-7-10-20(11-8-18)33-14-13-29)34-25(31)28-22-12-9-19(26)16-21(22)27/h4-5,7-12,15-16,23,29H,3,6,13-14H2,1-2H3,(H,28,31)/b5-4+,17-15+/t23-/m0/s1. The topological polar surface area (TPSA) is 94.1 Å². The SMILES string of the molecule is CCOC(=O)/C=C(C)/C=C/C[C@H](OC(=O)Nc1ccc(F)cc1F)c1ccc(OCCO)cc1. The van der Waals surface area contributed by atoms with Crippen LogP contribution in [-0.4, -0.2) is 37.0 Å². The van der Waals surface area contributed by atoms with Gasteiger partial charge in [-0.15, -0.1) is 0 Å². The van der Waals surface area contributed by atoms with Crippen LogP contribution in [0.1, 0.15) is 31.9 Å². The summed E-state index contributed by atoms with van der Waals surface area (Å²) < 4.78 is 42.7. The Morgan fingerprint density at radius 2 is 1.88 bits per heavy atom. The van der Waals surface area contributed by atoms with E-state index in [0.717, 1.165) is 12.1 Å². The predicted molar refractivity (Wildman–Crippen MR) is 122 cm³/mol. The van der Waals surface area contributed by atoms with Crippen molar-refractivity contribution in [3.05, 3.63) is 83.5 Å². The summed E-state index contributed by atoms with van der Waals surface area (Å²) >= 11 is 0. The summed E-state index contributed by atoms with van der Waals surface area (Å²) in [5, 5.41) is 11.1. The number of nitrogens with one attached hydrogen (secondary N) is 1. The molecular formula is C25H27F2NO6. The summed E-state index contributed by atoms with van der Waals surface area (Å²) in [4.78, 5) is 24.0. The lowest BCUT2D eigenvalue weighted by molar-refractivity contribution is -0.137. The molecule has 0 aliphatic heterocycles. The van der Waals surface area contributed by atoms with Crippen molar-refractivity contribution in [2.75, 3.05) is 25.1 Å². The number of halogens is 2. The number of carbonyl (C=O) groups excluding carboxylic acids is 2. The molecule has 2 N–H and O–H groups in total. The number of esters is 1. The van der Waals surface area contributed by atoms with Gasteiger partial charge in [0, 0.05) is 18.6 Å². The van der Waals surface area contributed by atoms with E-state index >= 15 is 0 Å². The molecule has 34 heavy (non-hydrogen) atoms. The van der Waals surface area contributed by atoms with Crippen molar-refractivity contribution in [3.63, 3.8) is 0 Å². The van der Waals surface area contributed by atoms with E-state index in [0.29, 0.717) is 23.0 Å².